The summed E-state index contributed by atoms with van der Waals surface area (Å²) >= 11 is 0. The number of hydrogen-bond donors (Lipinski definition) is 2. The Morgan fingerprint density at radius 2 is 2.08 bits per heavy atom. The van der Waals surface area contributed by atoms with E-state index in [1.807, 2.05) is 19.1 Å². The minimum atomic E-state index is -0.410. The van der Waals surface area contributed by atoms with E-state index in [1.54, 1.807) is 6.07 Å². The number of phenols is 1. The maximum Gasteiger partial charge on any atom is 0.161 e. The third-order valence-electron chi connectivity index (χ3n) is 5.33. The van der Waals surface area contributed by atoms with Crippen molar-refractivity contribution in [3.63, 3.8) is 0 Å². The van der Waals surface area contributed by atoms with Crippen molar-refractivity contribution in [2.75, 3.05) is 13.2 Å². The fourth-order valence-electron chi connectivity index (χ4n) is 3.46. The van der Waals surface area contributed by atoms with E-state index in [0.717, 1.165) is 19.3 Å². The van der Waals surface area contributed by atoms with E-state index in [9.17, 15) is 10.2 Å². The van der Waals surface area contributed by atoms with Gasteiger partial charge < -0.3 is 19.7 Å². The molecule has 1 heterocycles. The number of phenolic OH excluding ortho intramolecular Hbond substituents is 1. The molecule has 0 spiro atoms. The molecule has 2 rings (SSSR count). The van der Waals surface area contributed by atoms with Crippen LogP contribution in [0.1, 0.15) is 71.8 Å². The molecule has 25 heavy (non-hydrogen) atoms. The number of aromatic hydroxyl groups is 1. The first-order valence-corrected chi connectivity index (χ1v) is 9.54. The van der Waals surface area contributed by atoms with Gasteiger partial charge in [0.05, 0.1) is 18.3 Å². The standard InChI is InChI=1S/C21H34O4/c1-5-6-7-11-20(2,3)16-8-9-18(23)19(13-16)24-15-21(4)12-10-17(14-22)25-21/h8-9,13,17,22-23H,5-7,10-12,14-15H2,1-4H3. The van der Waals surface area contributed by atoms with Crippen LogP contribution in [-0.2, 0) is 10.2 Å². The molecule has 0 radical (unpaired) electrons. The van der Waals surface area contributed by atoms with Gasteiger partial charge in [-0.2, -0.15) is 0 Å². The summed E-state index contributed by atoms with van der Waals surface area (Å²) in [6.45, 7) is 9.11. The van der Waals surface area contributed by atoms with Crippen molar-refractivity contribution >= 4 is 0 Å². The highest BCUT2D eigenvalue weighted by atomic mass is 16.6. The third kappa shape index (κ3) is 5.35. The highest BCUT2D eigenvalue weighted by molar-refractivity contribution is 5.44. The summed E-state index contributed by atoms with van der Waals surface area (Å²) in [5, 5.41) is 19.4. The van der Waals surface area contributed by atoms with E-state index < -0.39 is 5.60 Å². The summed E-state index contributed by atoms with van der Waals surface area (Å²) < 4.78 is 11.8. The Kier molecular flexibility index (Phi) is 6.75. The molecule has 1 saturated heterocycles. The van der Waals surface area contributed by atoms with Crippen LogP contribution in [0.15, 0.2) is 18.2 Å². The molecule has 4 heteroatoms. The van der Waals surface area contributed by atoms with Gasteiger partial charge in [0.1, 0.15) is 6.61 Å². The Hall–Kier alpha value is -1.26. The van der Waals surface area contributed by atoms with E-state index in [2.05, 4.69) is 20.8 Å². The molecule has 2 unspecified atom stereocenters. The normalized spacial score (nSPS) is 23.8. The van der Waals surface area contributed by atoms with Crippen LogP contribution in [-0.4, -0.2) is 35.1 Å². The maximum absolute atomic E-state index is 10.2. The molecule has 0 bridgehead atoms. The number of hydrogen-bond acceptors (Lipinski definition) is 4. The van der Waals surface area contributed by atoms with Gasteiger partial charge in [0.25, 0.3) is 0 Å². The minimum Gasteiger partial charge on any atom is -0.504 e. The van der Waals surface area contributed by atoms with Crippen molar-refractivity contribution in [1.82, 2.24) is 0 Å². The van der Waals surface area contributed by atoms with Gasteiger partial charge in [-0.15, -0.1) is 0 Å². The van der Waals surface area contributed by atoms with E-state index in [-0.39, 0.29) is 23.9 Å². The molecule has 1 aliphatic rings. The third-order valence-corrected chi connectivity index (χ3v) is 5.33. The van der Waals surface area contributed by atoms with Crippen LogP contribution in [0.25, 0.3) is 0 Å². The van der Waals surface area contributed by atoms with Crippen LogP contribution in [0.4, 0.5) is 0 Å². The van der Waals surface area contributed by atoms with Gasteiger partial charge >= 0.3 is 0 Å². The lowest BCUT2D eigenvalue weighted by Gasteiger charge is -2.27. The molecule has 2 atom stereocenters. The van der Waals surface area contributed by atoms with Crippen molar-refractivity contribution in [3.05, 3.63) is 23.8 Å². The first kappa shape index (κ1) is 20.1. The zero-order chi connectivity index (χ0) is 18.5. The second kappa shape index (κ2) is 8.41. The monoisotopic (exact) mass is 350 g/mol. The van der Waals surface area contributed by atoms with Gasteiger partial charge in [-0.1, -0.05) is 46.1 Å². The second-order valence-corrected chi connectivity index (χ2v) is 8.22. The summed E-state index contributed by atoms with van der Waals surface area (Å²) in [5.41, 5.74) is 0.825. The smallest absolute Gasteiger partial charge is 0.161 e. The first-order valence-electron chi connectivity index (χ1n) is 9.54. The van der Waals surface area contributed by atoms with Crippen molar-refractivity contribution in [2.45, 2.75) is 83.3 Å². The van der Waals surface area contributed by atoms with Crippen molar-refractivity contribution in [1.29, 1.82) is 0 Å². The molecular weight excluding hydrogens is 316 g/mol. The number of aliphatic hydroxyl groups is 1. The Labute approximate surface area is 152 Å². The molecule has 1 fully saturated rings. The molecule has 0 amide bonds. The molecule has 2 N–H and O–H groups in total. The van der Waals surface area contributed by atoms with Crippen LogP contribution in [0, 0.1) is 0 Å². The SMILES string of the molecule is CCCCCC(C)(C)c1ccc(O)c(OCC2(C)CCC(CO)O2)c1. The molecule has 0 aliphatic carbocycles. The molecule has 142 valence electrons. The van der Waals surface area contributed by atoms with Crippen LogP contribution >= 0.6 is 0 Å². The van der Waals surface area contributed by atoms with E-state index in [0.29, 0.717) is 12.4 Å². The zero-order valence-electron chi connectivity index (χ0n) is 16.2. The van der Waals surface area contributed by atoms with Crippen LogP contribution in [0.3, 0.4) is 0 Å². The van der Waals surface area contributed by atoms with Crippen LogP contribution in [0.2, 0.25) is 0 Å². The number of benzene rings is 1. The number of unbranched alkanes of at least 4 members (excludes halogenated alkanes) is 2. The van der Waals surface area contributed by atoms with Gasteiger partial charge in [0.15, 0.2) is 11.5 Å². The van der Waals surface area contributed by atoms with Gasteiger partial charge in [0.2, 0.25) is 0 Å². The highest BCUT2D eigenvalue weighted by Crippen LogP contribution is 2.37. The Balaban J connectivity index is 2.03. The molecule has 1 aromatic rings. The lowest BCUT2D eigenvalue weighted by molar-refractivity contribution is -0.0696. The Morgan fingerprint density at radius 3 is 2.72 bits per heavy atom. The molecule has 4 nitrogen and oxygen atoms in total. The summed E-state index contributed by atoms with van der Waals surface area (Å²) in [5.74, 6) is 0.673. The lowest BCUT2D eigenvalue weighted by Crippen LogP contribution is -2.33. The van der Waals surface area contributed by atoms with Crippen molar-refractivity contribution < 1.29 is 19.7 Å². The number of ether oxygens (including phenoxy) is 2. The number of aliphatic hydroxyl groups excluding tert-OH is 1. The summed E-state index contributed by atoms with van der Waals surface area (Å²) in [7, 11) is 0. The van der Waals surface area contributed by atoms with Gasteiger partial charge in [0, 0.05) is 0 Å². The second-order valence-electron chi connectivity index (χ2n) is 8.22. The summed E-state index contributed by atoms with van der Waals surface area (Å²) in [6, 6.07) is 5.67. The largest absolute Gasteiger partial charge is 0.504 e. The van der Waals surface area contributed by atoms with E-state index >= 15 is 0 Å². The molecule has 1 aromatic carbocycles. The first-order chi connectivity index (χ1) is 11.8. The number of rotatable bonds is 9. The van der Waals surface area contributed by atoms with Crippen LogP contribution in [0.5, 0.6) is 11.5 Å². The predicted molar refractivity (Wildman–Crippen MR) is 100 cm³/mol. The molecule has 1 aliphatic heterocycles. The average Bonchev–Trinajstić information content (AvgIpc) is 2.96. The zero-order valence-corrected chi connectivity index (χ0v) is 16.2. The summed E-state index contributed by atoms with van der Waals surface area (Å²) in [4.78, 5) is 0. The minimum absolute atomic E-state index is 0.0439. The molecule has 0 saturated carbocycles. The summed E-state index contributed by atoms with van der Waals surface area (Å²) in [6.07, 6.45) is 6.36. The predicted octanol–water partition coefficient (Wildman–Crippen LogP) is 4.56. The van der Waals surface area contributed by atoms with Gasteiger partial charge in [-0.05, 0) is 49.3 Å². The lowest BCUT2D eigenvalue weighted by atomic mass is 9.80. The Morgan fingerprint density at radius 1 is 1.32 bits per heavy atom. The fraction of sp³-hybridized carbons (Fsp3) is 0.714. The average molecular weight is 350 g/mol. The van der Waals surface area contributed by atoms with E-state index in [1.165, 1.54) is 24.8 Å². The van der Waals surface area contributed by atoms with Crippen molar-refractivity contribution in [2.24, 2.45) is 0 Å². The van der Waals surface area contributed by atoms with E-state index in [4.69, 9.17) is 9.47 Å². The molecule has 0 aromatic heterocycles. The Bertz CT molecular complexity index is 555. The maximum atomic E-state index is 10.2. The quantitative estimate of drug-likeness (QED) is 0.641. The molecular formula is C21H34O4. The van der Waals surface area contributed by atoms with Gasteiger partial charge in [-0.3, -0.25) is 0 Å². The van der Waals surface area contributed by atoms with Crippen LogP contribution < -0.4 is 4.74 Å². The topological polar surface area (TPSA) is 58.9 Å². The van der Waals surface area contributed by atoms with Gasteiger partial charge in [-0.25, -0.2) is 0 Å². The fourth-order valence-corrected chi connectivity index (χ4v) is 3.46. The van der Waals surface area contributed by atoms with Crippen molar-refractivity contribution in [3.8, 4) is 11.5 Å². The highest BCUT2D eigenvalue weighted by Gasteiger charge is 2.36.